The lowest BCUT2D eigenvalue weighted by molar-refractivity contribution is -0.115. The van der Waals surface area contributed by atoms with E-state index in [1.807, 2.05) is 20.8 Å². The summed E-state index contributed by atoms with van der Waals surface area (Å²) in [6.45, 7) is 5.99. The van der Waals surface area contributed by atoms with E-state index in [0.717, 1.165) is 11.3 Å². The summed E-state index contributed by atoms with van der Waals surface area (Å²) in [7, 11) is 0. The van der Waals surface area contributed by atoms with Gasteiger partial charge in [0.25, 0.3) is 0 Å². The van der Waals surface area contributed by atoms with Gasteiger partial charge in [0, 0.05) is 22.9 Å². The number of nitrogens with zero attached hydrogens (tertiary/aromatic N) is 1. The summed E-state index contributed by atoms with van der Waals surface area (Å²) in [6, 6.07) is 6.55. The summed E-state index contributed by atoms with van der Waals surface area (Å²) in [4.78, 5) is 23.3. The SMILES string of the molecule is CC(C)(C)c1cc(NC(=O)Nc2ccc3c(c2)CC(=O)N3)no1. The van der Waals surface area contributed by atoms with E-state index in [9.17, 15) is 9.59 Å². The zero-order valence-electron chi connectivity index (χ0n) is 13.2. The Morgan fingerprint density at radius 3 is 2.74 bits per heavy atom. The molecule has 0 fully saturated rings. The van der Waals surface area contributed by atoms with Gasteiger partial charge in [-0.1, -0.05) is 25.9 Å². The number of benzene rings is 1. The van der Waals surface area contributed by atoms with Crippen LogP contribution in [0.25, 0.3) is 0 Å². The van der Waals surface area contributed by atoms with Crippen molar-refractivity contribution >= 4 is 29.1 Å². The van der Waals surface area contributed by atoms with Crippen molar-refractivity contribution in [2.45, 2.75) is 32.6 Å². The Balaban J connectivity index is 1.65. The van der Waals surface area contributed by atoms with Gasteiger partial charge >= 0.3 is 6.03 Å². The van der Waals surface area contributed by atoms with Crippen molar-refractivity contribution in [1.29, 1.82) is 0 Å². The topological polar surface area (TPSA) is 96.3 Å². The van der Waals surface area contributed by atoms with Gasteiger partial charge in [0.05, 0.1) is 6.42 Å². The van der Waals surface area contributed by atoms with E-state index in [2.05, 4.69) is 21.1 Å². The highest BCUT2D eigenvalue weighted by Crippen LogP contribution is 2.26. The third-order valence-corrected chi connectivity index (χ3v) is 3.48. The van der Waals surface area contributed by atoms with Gasteiger partial charge in [-0.2, -0.15) is 0 Å². The first kappa shape index (κ1) is 15.1. The van der Waals surface area contributed by atoms with Crippen LogP contribution in [-0.2, 0) is 16.6 Å². The van der Waals surface area contributed by atoms with Crippen LogP contribution >= 0.6 is 0 Å². The highest BCUT2D eigenvalue weighted by molar-refractivity contribution is 6.02. The first-order valence-corrected chi connectivity index (χ1v) is 7.29. The molecule has 23 heavy (non-hydrogen) atoms. The van der Waals surface area contributed by atoms with Crippen molar-refractivity contribution in [3.8, 4) is 0 Å². The number of carbonyl (C=O) groups is 2. The molecule has 0 saturated carbocycles. The van der Waals surface area contributed by atoms with Crippen molar-refractivity contribution in [2.24, 2.45) is 0 Å². The highest BCUT2D eigenvalue weighted by Gasteiger charge is 2.21. The second-order valence-electron chi connectivity index (χ2n) is 6.50. The van der Waals surface area contributed by atoms with Gasteiger partial charge < -0.3 is 15.2 Å². The van der Waals surface area contributed by atoms with Crippen LogP contribution in [0.2, 0.25) is 0 Å². The quantitative estimate of drug-likeness (QED) is 0.793. The molecule has 3 rings (SSSR count). The molecule has 0 radical (unpaired) electrons. The lowest BCUT2D eigenvalue weighted by atomic mass is 9.93. The number of anilines is 3. The van der Waals surface area contributed by atoms with E-state index in [1.165, 1.54) is 0 Å². The fourth-order valence-electron chi connectivity index (χ4n) is 2.27. The zero-order valence-corrected chi connectivity index (χ0v) is 13.2. The number of carbonyl (C=O) groups excluding carboxylic acids is 2. The standard InChI is InChI=1S/C16H18N4O3/c1-16(2,3)12-8-13(20-23-12)19-15(22)17-10-4-5-11-9(6-10)7-14(21)18-11/h4-6,8H,7H2,1-3H3,(H,18,21)(H2,17,19,20,22). The number of nitrogens with one attached hydrogen (secondary N) is 3. The molecule has 1 aromatic carbocycles. The summed E-state index contributed by atoms with van der Waals surface area (Å²) < 4.78 is 5.21. The van der Waals surface area contributed by atoms with Crippen molar-refractivity contribution < 1.29 is 14.1 Å². The highest BCUT2D eigenvalue weighted by atomic mass is 16.5. The Morgan fingerprint density at radius 1 is 1.26 bits per heavy atom. The maximum absolute atomic E-state index is 12.0. The molecule has 7 nitrogen and oxygen atoms in total. The molecule has 0 unspecified atom stereocenters. The summed E-state index contributed by atoms with van der Waals surface area (Å²) in [5.74, 6) is 0.999. The molecular formula is C16H18N4O3. The minimum Gasteiger partial charge on any atom is -0.359 e. The zero-order chi connectivity index (χ0) is 16.6. The predicted molar refractivity (Wildman–Crippen MR) is 86.6 cm³/mol. The van der Waals surface area contributed by atoms with Crippen molar-refractivity contribution in [3.63, 3.8) is 0 Å². The number of aromatic nitrogens is 1. The van der Waals surface area contributed by atoms with Gasteiger partial charge in [-0.3, -0.25) is 10.1 Å². The van der Waals surface area contributed by atoms with E-state index in [-0.39, 0.29) is 11.3 Å². The second kappa shape index (κ2) is 5.42. The van der Waals surface area contributed by atoms with E-state index in [4.69, 9.17) is 4.52 Å². The summed E-state index contributed by atoms with van der Waals surface area (Å²) in [6.07, 6.45) is 0.324. The summed E-state index contributed by atoms with van der Waals surface area (Å²) >= 11 is 0. The molecule has 0 bridgehead atoms. The summed E-state index contributed by atoms with van der Waals surface area (Å²) in [5.41, 5.74) is 2.08. The van der Waals surface area contributed by atoms with Crippen LogP contribution < -0.4 is 16.0 Å². The van der Waals surface area contributed by atoms with E-state index < -0.39 is 6.03 Å². The van der Waals surface area contributed by atoms with Crippen molar-refractivity contribution in [3.05, 3.63) is 35.6 Å². The maximum Gasteiger partial charge on any atom is 0.324 e. The molecule has 0 spiro atoms. The normalized spacial score (nSPS) is 13.4. The van der Waals surface area contributed by atoms with Gasteiger partial charge in [-0.05, 0) is 23.8 Å². The van der Waals surface area contributed by atoms with E-state index >= 15 is 0 Å². The number of hydrogen-bond acceptors (Lipinski definition) is 4. The van der Waals surface area contributed by atoms with Crippen LogP contribution in [-0.4, -0.2) is 17.1 Å². The first-order chi connectivity index (χ1) is 10.8. The van der Waals surface area contributed by atoms with E-state index in [1.54, 1.807) is 24.3 Å². The molecule has 2 heterocycles. The van der Waals surface area contributed by atoms with Gasteiger partial charge in [-0.15, -0.1) is 0 Å². The van der Waals surface area contributed by atoms with Crippen LogP contribution in [0.4, 0.5) is 22.0 Å². The van der Waals surface area contributed by atoms with Crippen LogP contribution in [0.5, 0.6) is 0 Å². The number of fused-ring (bicyclic) bond motifs is 1. The molecule has 1 aliphatic rings. The molecule has 3 amide bonds. The molecule has 120 valence electrons. The lowest BCUT2D eigenvalue weighted by Gasteiger charge is -2.12. The van der Waals surface area contributed by atoms with Crippen LogP contribution in [0.15, 0.2) is 28.8 Å². The third kappa shape index (κ3) is 3.33. The molecule has 3 N–H and O–H groups in total. The molecule has 1 aromatic heterocycles. The Labute approximate surface area is 133 Å². The summed E-state index contributed by atoms with van der Waals surface area (Å²) in [5, 5.41) is 11.9. The molecule has 0 aliphatic carbocycles. The molecular weight excluding hydrogens is 296 g/mol. The monoisotopic (exact) mass is 314 g/mol. The average Bonchev–Trinajstić information content (AvgIpc) is 3.03. The van der Waals surface area contributed by atoms with Gasteiger partial charge in [0.1, 0.15) is 5.76 Å². The Bertz CT molecular complexity index is 774. The van der Waals surface area contributed by atoms with Crippen LogP contribution in [0.1, 0.15) is 32.1 Å². The molecule has 0 saturated heterocycles. The minimum atomic E-state index is -0.420. The molecule has 7 heteroatoms. The van der Waals surface area contributed by atoms with Crippen molar-refractivity contribution in [2.75, 3.05) is 16.0 Å². The largest absolute Gasteiger partial charge is 0.359 e. The minimum absolute atomic E-state index is 0.0427. The molecule has 0 atom stereocenters. The Hall–Kier alpha value is -2.83. The van der Waals surface area contributed by atoms with Crippen LogP contribution in [0.3, 0.4) is 0 Å². The number of urea groups is 1. The fourth-order valence-corrected chi connectivity index (χ4v) is 2.27. The van der Waals surface area contributed by atoms with Gasteiger partial charge in [0.2, 0.25) is 5.91 Å². The Morgan fingerprint density at radius 2 is 2.04 bits per heavy atom. The molecule has 1 aliphatic heterocycles. The third-order valence-electron chi connectivity index (χ3n) is 3.48. The maximum atomic E-state index is 12.0. The fraction of sp³-hybridized carbons (Fsp3) is 0.312. The van der Waals surface area contributed by atoms with Gasteiger partial charge in [0.15, 0.2) is 5.82 Å². The lowest BCUT2D eigenvalue weighted by Crippen LogP contribution is -2.19. The predicted octanol–water partition coefficient (Wildman–Crippen LogP) is 3.11. The second-order valence-corrected chi connectivity index (χ2v) is 6.50. The Kier molecular flexibility index (Phi) is 3.55. The molecule has 2 aromatic rings. The smallest absolute Gasteiger partial charge is 0.324 e. The van der Waals surface area contributed by atoms with Crippen LogP contribution in [0, 0.1) is 0 Å². The number of amides is 3. The number of hydrogen-bond donors (Lipinski definition) is 3. The van der Waals surface area contributed by atoms with E-state index in [0.29, 0.717) is 23.7 Å². The first-order valence-electron chi connectivity index (χ1n) is 7.29. The van der Waals surface area contributed by atoms with Gasteiger partial charge in [-0.25, -0.2) is 4.79 Å². The average molecular weight is 314 g/mol. The number of rotatable bonds is 2. The van der Waals surface area contributed by atoms with Crippen molar-refractivity contribution in [1.82, 2.24) is 5.16 Å².